The van der Waals surface area contributed by atoms with Crippen LogP contribution in [0, 0.1) is 17.7 Å². The van der Waals surface area contributed by atoms with Gasteiger partial charge in [-0.25, -0.2) is 0 Å². The van der Waals surface area contributed by atoms with Crippen LogP contribution in [0.25, 0.3) is 11.5 Å². The standard InChI is InChI=1S/C8H9IN4O/c1-4-6(5(2)13(3)12-4)7-10-11-8(9)14-7/h1-3H3. The number of nitrogens with zero attached hydrogens (tertiary/aromatic N) is 4. The van der Waals surface area contributed by atoms with Crippen LogP contribution in [-0.4, -0.2) is 20.0 Å². The average Bonchev–Trinajstić information content (AvgIpc) is 2.60. The topological polar surface area (TPSA) is 56.7 Å². The van der Waals surface area contributed by atoms with Crippen LogP contribution < -0.4 is 0 Å². The summed E-state index contributed by atoms with van der Waals surface area (Å²) >= 11 is 1.99. The molecule has 0 unspecified atom stereocenters. The molecule has 0 saturated carbocycles. The maximum Gasteiger partial charge on any atom is 0.278 e. The van der Waals surface area contributed by atoms with E-state index in [0.29, 0.717) is 9.79 Å². The number of hydrogen-bond donors (Lipinski definition) is 0. The molecule has 0 radical (unpaired) electrons. The lowest BCUT2D eigenvalue weighted by atomic mass is 10.2. The molecule has 0 N–H and O–H groups in total. The van der Waals surface area contributed by atoms with Gasteiger partial charge in [0.2, 0.25) is 0 Å². The van der Waals surface area contributed by atoms with Crippen LogP contribution in [0.5, 0.6) is 0 Å². The lowest BCUT2D eigenvalue weighted by molar-refractivity contribution is 0.536. The number of rotatable bonds is 1. The summed E-state index contributed by atoms with van der Waals surface area (Å²) in [6.45, 7) is 3.91. The van der Waals surface area contributed by atoms with E-state index < -0.39 is 0 Å². The highest BCUT2D eigenvalue weighted by molar-refractivity contribution is 14.1. The highest BCUT2D eigenvalue weighted by Gasteiger charge is 2.16. The van der Waals surface area contributed by atoms with Gasteiger partial charge in [0.15, 0.2) is 0 Å². The minimum Gasteiger partial charge on any atom is -0.412 e. The first kappa shape index (κ1) is 9.63. The van der Waals surface area contributed by atoms with Crippen molar-refractivity contribution >= 4 is 22.6 Å². The number of aromatic nitrogens is 4. The molecule has 6 heteroatoms. The average molecular weight is 304 g/mol. The molecule has 74 valence electrons. The molecule has 0 fully saturated rings. The first-order valence-corrected chi connectivity index (χ1v) is 5.17. The molecule has 0 atom stereocenters. The summed E-state index contributed by atoms with van der Waals surface area (Å²) in [7, 11) is 1.90. The molecule has 0 aliphatic heterocycles. The van der Waals surface area contributed by atoms with E-state index in [1.54, 1.807) is 0 Å². The van der Waals surface area contributed by atoms with E-state index in [-0.39, 0.29) is 0 Å². The second-order valence-corrected chi connectivity index (χ2v) is 3.95. The van der Waals surface area contributed by atoms with Gasteiger partial charge < -0.3 is 4.42 Å². The summed E-state index contributed by atoms with van der Waals surface area (Å²) in [6, 6.07) is 0. The van der Waals surface area contributed by atoms with Gasteiger partial charge >= 0.3 is 0 Å². The van der Waals surface area contributed by atoms with E-state index in [0.717, 1.165) is 17.0 Å². The summed E-state index contributed by atoms with van der Waals surface area (Å²) in [6.07, 6.45) is 0. The summed E-state index contributed by atoms with van der Waals surface area (Å²) in [5, 5.41) is 12.0. The van der Waals surface area contributed by atoms with E-state index in [1.165, 1.54) is 0 Å². The van der Waals surface area contributed by atoms with Gasteiger partial charge in [-0.3, -0.25) is 4.68 Å². The third-order valence-electron chi connectivity index (χ3n) is 2.12. The van der Waals surface area contributed by atoms with Crippen LogP contribution in [0.3, 0.4) is 0 Å². The third-order valence-corrected chi connectivity index (χ3v) is 2.56. The molecule has 2 rings (SSSR count). The van der Waals surface area contributed by atoms with Crippen molar-refractivity contribution in [3.05, 3.63) is 15.3 Å². The molecule has 2 aromatic heterocycles. The zero-order valence-electron chi connectivity index (χ0n) is 8.08. The van der Waals surface area contributed by atoms with Crippen molar-refractivity contribution in [3.63, 3.8) is 0 Å². The van der Waals surface area contributed by atoms with Crippen LogP contribution in [0.2, 0.25) is 0 Å². The van der Waals surface area contributed by atoms with Gasteiger partial charge in [-0.15, -0.1) is 10.2 Å². The fourth-order valence-corrected chi connectivity index (χ4v) is 1.71. The van der Waals surface area contributed by atoms with E-state index in [4.69, 9.17) is 4.42 Å². The van der Waals surface area contributed by atoms with Crippen LogP contribution >= 0.6 is 22.6 Å². The van der Waals surface area contributed by atoms with Crippen LogP contribution in [0.15, 0.2) is 4.42 Å². The molecule has 2 aromatic rings. The minimum absolute atomic E-state index is 0.539. The Balaban J connectivity index is 2.61. The smallest absolute Gasteiger partial charge is 0.278 e. The van der Waals surface area contributed by atoms with E-state index >= 15 is 0 Å². The quantitative estimate of drug-likeness (QED) is 0.752. The second kappa shape index (κ2) is 3.34. The molecule has 2 heterocycles. The van der Waals surface area contributed by atoms with E-state index in [9.17, 15) is 0 Å². The minimum atomic E-state index is 0.539. The predicted molar refractivity (Wildman–Crippen MR) is 58.7 cm³/mol. The molecule has 0 amide bonds. The Morgan fingerprint density at radius 3 is 2.43 bits per heavy atom. The maximum absolute atomic E-state index is 5.36. The molecular weight excluding hydrogens is 295 g/mol. The van der Waals surface area contributed by atoms with Gasteiger partial charge in [0.1, 0.15) is 0 Å². The second-order valence-electron chi connectivity index (χ2n) is 3.03. The van der Waals surface area contributed by atoms with Crippen molar-refractivity contribution in [2.45, 2.75) is 13.8 Å². The molecule has 0 aromatic carbocycles. The lowest BCUT2D eigenvalue weighted by Crippen LogP contribution is -1.92. The largest absolute Gasteiger partial charge is 0.412 e. The molecule has 0 aliphatic carbocycles. The van der Waals surface area contributed by atoms with Gasteiger partial charge in [-0.2, -0.15) is 5.10 Å². The van der Waals surface area contributed by atoms with Gasteiger partial charge in [0.25, 0.3) is 9.79 Å². The fraction of sp³-hybridized carbons (Fsp3) is 0.375. The molecule has 5 nitrogen and oxygen atoms in total. The Bertz CT molecular complexity index is 474. The summed E-state index contributed by atoms with van der Waals surface area (Å²) in [5.74, 6) is 0.539. The third kappa shape index (κ3) is 1.43. The Morgan fingerprint density at radius 2 is 2.00 bits per heavy atom. The Hall–Kier alpha value is -0.920. The van der Waals surface area contributed by atoms with Crippen molar-refractivity contribution in [3.8, 4) is 11.5 Å². The molecular formula is C8H9IN4O. The SMILES string of the molecule is Cc1nn(C)c(C)c1-c1nnc(I)o1. The first-order chi connectivity index (χ1) is 6.59. The lowest BCUT2D eigenvalue weighted by Gasteiger charge is -1.94. The van der Waals surface area contributed by atoms with Crippen LogP contribution in [0.4, 0.5) is 0 Å². The summed E-state index contributed by atoms with van der Waals surface area (Å²) in [4.78, 5) is 0. The molecule has 0 aliphatic rings. The normalized spacial score (nSPS) is 10.9. The first-order valence-electron chi connectivity index (χ1n) is 4.09. The molecule has 0 saturated heterocycles. The number of hydrogen-bond acceptors (Lipinski definition) is 4. The zero-order chi connectivity index (χ0) is 10.3. The van der Waals surface area contributed by atoms with Gasteiger partial charge in [-0.1, -0.05) is 0 Å². The Morgan fingerprint density at radius 1 is 1.29 bits per heavy atom. The number of halogens is 1. The fourth-order valence-electron chi connectivity index (χ4n) is 1.39. The van der Waals surface area contributed by atoms with E-state index in [2.05, 4.69) is 15.3 Å². The van der Waals surface area contributed by atoms with Crippen molar-refractivity contribution < 1.29 is 4.42 Å². The summed E-state index contributed by atoms with van der Waals surface area (Å²) < 4.78 is 7.70. The maximum atomic E-state index is 5.36. The molecule has 14 heavy (non-hydrogen) atoms. The van der Waals surface area contributed by atoms with Crippen molar-refractivity contribution in [2.75, 3.05) is 0 Å². The van der Waals surface area contributed by atoms with Gasteiger partial charge in [-0.05, 0) is 13.8 Å². The highest BCUT2D eigenvalue weighted by Crippen LogP contribution is 2.25. The molecule has 0 bridgehead atoms. The predicted octanol–water partition coefficient (Wildman–Crippen LogP) is 1.69. The van der Waals surface area contributed by atoms with Gasteiger partial charge in [0, 0.05) is 35.3 Å². The number of aryl methyl sites for hydroxylation is 2. The Kier molecular flexibility index (Phi) is 2.30. The molecule has 0 spiro atoms. The monoisotopic (exact) mass is 304 g/mol. The summed E-state index contributed by atoms with van der Waals surface area (Å²) in [5.41, 5.74) is 2.87. The zero-order valence-corrected chi connectivity index (χ0v) is 10.2. The Labute approximate surface area is 94.7 Å². The van der Waals surface area contributed by atoms with E-state index in [1.807, 2.05) is 48.2 Å². The van der Waals surface area contributed by atoms with Crippen LogP contribution in [-0.2, 0) is 7.05 Å². The van der Waals surface area contributed by atoms with Crippen molar-refractivity contribution in [1.82, 2.24) is 20.0 Å². The van der Waals surface area contributed by atoms with Crippen molar-refractivity contribution in [2.24, 2.45) is 7.05 Å². The highest BCUT2D eigenvalue weighted by atomic mass is 127. The van der Waals surface area contributed by atoms with Crippen LogP contribution in [0.1, 0.15) is 11.4 Å². The van der Waals surface area contributed by atoms with Gasteiger partial charge in [0.05, 0.1) is 11.3 Å². The van der Waals surface area contributed by atoms with Crippen molar-refractivity contribution in [1.29, 1.82) is 0 Å².